The molecule has 9 nitrogen and oxygen atoms in total. The van der Waals surface area contributed by atoms with Crippen LogP contribution in [-0.2, 0) is 19.0 Å². The highest BCUT2D eigenvalue weighted by Gasteiger charge is 2.10. The zero-order valence-corrected chi connectivity index (χ0v) is 39.6. The maximum atomic E-state index is 12.1. The molecule has 0 aromatic rings. The second kappa shape index (κ2) is 46.6. The summed E-state index contributed by atoms with van der Waals surface area (Å²) in [5.41, 5.74) is 2.70. The Morgan fingerprint density at radius 2 is 0.983 bits per heavy atom. The highest BCUT2D eigenvalue weighted by Crippen LogP contribution is 2.17. The van der Waals surface area contributed by atoms with Gasteiger partial charge in [-0.25, -0.2) is 5.84 Å². The van der Waals surface area contributed by atoms with E-state index in [0.29, 0.717) is 25.9 Å². The summed E-state index contributed by atoms with van der Waals surface area (Å²) in [6.45, 7) is 12.8. The topological polar surface area (TPSA) is 102 Å². The van der Waals surface area contributed by atoms with Gasteiger partial charge in [0.05, 0.1) is 12.7 Å². The Hall–Kier alpha value is -1.42. The first-order valence-corrected chi connectivity index (χ1v) is 25.2. The van der Waals surface area contributed by atoms with Crippen molar-refractivity contribution < 1.29 is 19.0 Å². The van der Waals surface area contributed by atoms with Crippen molar-refractivity contribution in [1.82, 2.24) is 15.2 Å². The van der Waals surface area contributed by atoms with Crippen LogP contribution in [0.5, 0.6) is 0 Å². The Bertz CT molecular complexity index is 845. The average molecular weight is 824 g/mol. The molecule has 0 amide bonds. The van der Waals surface area contributed by atoms with E-state index in [-0.39, 0.29) is 5.97 Å². The van der Waals surface area contributed by atoms with Crippen molar-refractivity contribution in [2.24, 2.45) is 10.8 Å². The summed E-state index contributed by atoms with van der Waals surface area (Å²) in [7, 11) is 3.91. The van der Waals surface area contributed by atoms with E-state index in [4.69, 9.17) is 20.1 Å². The van der Waals surface area contributed by atoms with Crippen LogP contribution in [-0.4, -0.2) is 88.1 Å². The zero-order valence-electron chi connectivity index (χ0n) is 39.6. The maximum absolute atomic E-state index is 12.1. The van der Waals surface area contributed by atoms with Gasteiger partial charge in [-0.1, -0.05) is 181 Å². The first-order chi connectivity index (χ1) is 28.5. The van der Waals surface area contributed by atoms with Gasteiger partial charge in [0.2, 0.25) is 5.96 Å². The second-order valence-corrected chi connectivity index (χ2v) is 17.3. The number of hydrogen-bond donors (Lipinski definition) is 2. The van der Waals surface area contributed by atoms with Gasteiger partial charge in [-0.05, 0) is 71.0 Å². The molecule has 0 aliphatic heterocycles. The molecule has 0 aromatic carbocycles. The lowest BCUT2D eigenvalue weighted by Crippen LogP contribution is -2.40. The summed E-state index contributed by atoms with van der Waals surface area (Å²) < 4.78 is 17.7. The van der Waals surface area contributed by atoms with Gasteiger partial charge < -0.3 is 24.0 Å². The summed E-state index contributed by atoms with van der Waals surface area (Å²) in [6, 6.07) is 0. The quantitative estimate of drug-likeness (QED) is 0.0119. The van der Waals surface area contributed by atoms with Crippen molar-refractivity contribution in [2.75, 3.05) is 60.3 Å². The Kier molecular flexibility index (Phi) is 45.5. The Balaban J connectivity index is 4.26. The number of unbranched alkanes of at least 4 members (excludes halogenated alkanes) is 25. The van der Waals surface area contributed by atoms with Crippen molar-refractivity contribution in [3.8, 4) is 0 Å². The summed E-state index contributed by atoms with van der Waals surface area (Å²) in [5.74, 6) is 6.35. The SMILES string of the molecule is CCCCCCCCCOC(=O)CCCCCCCN(CCCCCCCCOCOC(CCCCCCCC)CCCCCCCC)CCCN=C(NN)N(C)C. The maximum Gasteiger partial charge on any atom is 0.305 e. The van der Waals surface area contributed by atoms with Gasteiger partial charge >= 0.3 is 5.97 Å². The van der Waals surface area contributed by atoms with Crippen molar-refractivity contribution in [3.05, 3.63) is 0 Å². The molecule has 0 radical (unpaired) electrons. The molecule has 9 heteroatoms. The number of guanidine groups is 1. The molecule has 0 aliphatic rings. The van der Waals surface area contributed by atoms with E-state index in [9.17, 15) is 4.79 Å². The average Bonchev–Trinajstić information content (AvgIpc) is 3.22. The number of carbonyl (C=O) groups excluding carboxylic acids is 1. The molecule has 58 heavy (non-hydrogen) atoms. The van der Waals surface area contributed by atoms with Crippen LogP contribution >= 0.6 is 0 Å². The number of rotatable bonds is 46. The fourth-order valence-corrected chi connectivity index (χ4v) is 7.65. The largest absolute Gasteiger partial charge is 0.466 e. The molecule has 346 valence electrons. The molecule has 0 saturated carbocycles. The molecule has 0 spiro atoms. The zero-order chi connectivity index (χ0) is 42.4. The predicted octanol–water partition coefficient (Wildman–Crippen LogP) is 12.9. The van der Waals surface area contributed by atoms with Crippen LogP contribution in [0.15, 0.2) is 4.99 Å². The molecule has 0 aliphatic carbocycles. The van der Waals surface area contributed by atoms with Gasteiger partial charge in [-0.2, -0.15) is 0 Å². The number of nitrogens with one attached hydrogen (secondary N) is 1. The molecule has 0 bridgehead atoms. The number of nitrogens with zero attached hydrogens (tertiary/aromatic N) is 3. The van der Waals surface area contributed by atoms with Gasteiger partial charge in [-0.3, -0.25) is 15.2 Å². The van der Waals surface area contributed by atoms with Crippen LogP contribution in [0, 0.1) is 0 Å². The minimum absolute atomic E-state index is 0.0126. The lowest BCUT2D eigenvalue weighted by molar-refractivity contribution is -0.143. The molecule has 0 aromatic heterocycles. The molecule has 0 unspecified atom stereocenters. The number of nitrogens with two attached hydrogens (primary N) is 1. The summed E-state index contributed by atoms with van der Waals surface area (Å²) in [5, 5.41) is 0. The summed E-state index contributed by atoms with van der Waals surface area (Å²) >= 11 is 0. The van der Waals surface area contributed by atoms with Gasteiger partial charge in [0.25, 0.3) is 0 Å². The van der Waals surface area contributed by atoms with Gasteiger partial charge in [0, 0.05) is 33.7 Å². The molecule has 0 rings (SSSR count). The normalized spacial score (nSPS) is 12.0. The third-order valence-electron chi connectivity index (χ3n) is 11.5. The molecular formula is C49H101N5O4. The van der Waals surface area contributed by atoms with Gasteiger partial charge in [0.15, 0.2) is 0 Å². The minimum Gasteiger partial charge on any atom is -0.466 e. The molecule has 3 N–H and O–H groups in total. The summed E-state index contributed by atoms with van der Waals surface area (Å²) in [6.07, 6.45) is 42.4. The molecule has 0 fully saturated rings. The monoisotopic (exact) mass is 824 g/mol. The Labute approximate surface area is 361 Å². The van der Waals surface area contributed by atoms with Crippen LogP contribution in [0.4, 0.5) is 0 Å². The first-order valence-electron chi connectivity index (χ1n) is 25.2. The number of ether oxygens (including phenoxy) is 3. The minimum atomic E-state index is -0.0126. The number of esters is 1. The van der Waals surface area contributed by atoms with Crippen molar-refractivity contribution >= 4 is 11.9 Å². The third kappa shape index (κ3) is 41.3. The van der Waals surface area contributed by atoms with Crippen LogP contribution < -0.4 is 11.3 Å². The van der Waals surface area contributed by atoms with Crippen LogP contribution in [0.25, 0.3) is 0 Å². The fourth-order valence-electron chi connectivity index (χ4n) is 7.65. The van der Waals surface area contributed by atoms with E-state index < -0.39 is 0 Å². The van der Waals surface area contributed by atoms with E-state index in [1.54, 1.807) is 0 Å². The number of aliphatic imine (C=N–C) groups is 1. The van der Waals surface area contributed by atoms with E-state index in [1.807, 2.05) is 19.0 Å². The summed E-state index contributed by atoms with van der Waals surface area (Å²) in [4.78, 5) is 21.3. The molecule has 0 atom stereocenters. The van der Waals surface area contributed by atoms with Crippen molar-refractivity contribution in [2.45, 2.75) is 245 Å². The number of hydrazine groups is 1. The lowest BCUT2D eigenvalue weighted by atomic mass is 10.0. The van der Waals surface area contributed by atoms with E-state index in [2.05, 4.69) is 36.1 Å². The van der Waals surface area contributed by atoms with Crippen LogP contribution in [0.3, 0.4) is 0 Å². The number of hydrogen-bond acceptors (Lipinski definition) is 7. The first kappa shape index (κ1) is 56.6. The van der Waals surface area contributed by atoms with Crippen molar-refractivity contribution in [1.29, 1.82) is 0 Å². The van der Waals surface area contributed by atoms with Gasteiger partial charge in [-0.15, -0.1) is 0 Å². The van der Waals surface area contributed by atoms with E-state index in [1.165, 1.54) is 180 Å². The van der Waals surface area contributed by atoms with E-state index in [0.717, 1.165) is 70.8 Å². The van der Waals surface area contributed by atoms with Crippen LogP contribution in [0.2, 0.25) is 0 Å². The van der Waals surface area contributed by atoms with Crippen molar-refractivity contribution in [3.63, 3.8) is 0 Å². The van der Waals surface area contributed by atoms with E-state index >= 15 is 0 Å². The Morgan fingerprint density at radius 3 is 1.48 bits per heavy atom. The van der Waals surface area contributed by atoms with Gasteiger partial charge in [0.1, 0.15) is 6.79 Å². The smallest absolute Gasteiger partial charge is 0.305 e. The second-order valence-electron chi connectivity index (χ2n) is 17.3. The fraction of sp³-hybridized carbons (Fsp3) is 0.959. The molecule has 0 saturated heterocycles. The third-order valence-corrected chi connectivity index (χ3v) is 11.5. The highest BCUT2D eigenvalue weighted by atomic mass is 16.7. The highest BCUT2D eigenvalue weighted by molar-refractivity contribution is 5.78. The lowest BCUT2D eigenvalue weighted by Gasteiger charge is -2.22. The Morgan fingerprint density at radius 1 is 0.552 bits per heavy atom. The molecule has 0 heterocycles. The van der Waals surface area contributed by atoms with Crippen LogP contribution in [0.1, 0.15) is 239 Å². The predicted molar refractivity (Wildman–Crippen MR) is 250 cm³/mol. The molecular weight excluding hydrogens is 723 g/mol. The number of carbonyl (C=O) groups is 1. The standard InChI is InChI=1S/C49H101N5O4/c1-6-9-12-15-19-28-35-45-57-48(55)39-31-24-21-26-33-42-54(43-36-40-51-49(52-50)53(4)5)41-32-25-18-20-27-34-44-56-46-58-47(37-29-22-16-13-10-7-2)38-30-23-17-14-11-8-3/h47H,6-46,50H2,1-5H3,(H,51,52).